The lowest BCUT2D eigenvalue weighted by molar-refractivity contribution is -0.141. The van der Waals surface area contributed by atoms with E-state index < -0.39 is 11.9 Å². The molecule has 0 amide bonds. The molecule has 0 unspecified atom stereocenters. The fourth-order valence-electron chi connectivity index (χ4n) is 1.11. The lowest BCUT2D eigenvalue weighted by Crippen LogP contribution is -2.10. The minimum Gasteiger partial charge on any atom is -0.373 e. The molecule has 6 heteroatoms. The van der Waals surface area contributed by atoms with Crippen molar-refractivity contribution in [1.82, 2.24) is 9.78 Å². The topological polar surface area (TPSA) is 29.9 Å². The number of rotatable bonds is 2. The zero-order chi connectivity index (χ0) is 10.9. The zero-order valence-corrected chi connectivity index (χ0v) is 8.18. The van der Waals surface area contributed by atoms with Gasteiger partial charge in [-0.2, -0.15) is 18.3 Å². The number of hydrogen-bond donors (Lipinski definition) is 1. The maximum absolute atomic E-state index is 12.3. The predicted molar refractivity (Wildman–Crippen MR) is 47.2 cm³/mol. The normalized spacial score (nSPS) is 12.2. The summed E-state index contributed by atoms with van der Waals surface area (Å²) in [4.78, 5) is 0. The largest absolute Gasteiger partial charge is 0.435 e. The molecule has 0 spiro atoms. The Balaban J connectivity index is 3.13. The minimum atomic E-state index is -4.38. The monoisotopic (exact) mass is 207 g/mol. The predicted octanol–water partition coefficient (Wildman–Crippen LogP) is 2.52. The van der Waals surface area contributed by atoms with E-state index in [9.17, 15) is 13.2 Å². The van der Waals surface area contributed by atoms with Crippen molar-refractivity contribution in [1.29, 1.82) is 0 Å². The molecule has 0 saturated carbocycles. The van der Waals surface area contributed by atoms with Gasteiger partial charge in [-0.1, -0.05) is 0 Å². The van der Waals surface area contributed by atoms with Gasteiger partial charge in [-0.05, 0) is 13.8 Å². The van der Waals surface area contributed by atoms with E-state index in [0.29, 0.717) is 5.82 Å². The molecule has 0 aliphatic rings. The molecule has 1 heterocycles. The van der Waals surface area contributed by atoms with Gasteiger partial charge in [-0.3, -0.25) is 0 Å². The number of anilines is 1. The Morgan fingerprint density at radius 3 is 2.29 bits per heavy atom. The highest BCUT2D eigenvalue weighted by Crippen LogP contribution is 2.30. The van der Waals surface area contributed by atoms with E-state index in [0.717, 1.165) is 6.07 Å². The Kier molecular flexibility index (Phi) is 2.73. The zero-order valence-electron chi connectivity index (χ0n) is 8.18. The minimum absolute atomic E-state index is 0.103. The highest BCUT2D eigenvalue weighted by molar-refractivity contribution is 5.37. The molecule has 0 saturated heterocycles. The van der Waals surface area contributed by atoms with Crippen LogP contribution in [0.4, 0.5) is 19.0 Å². The molecule has 0 fully saturated rings. The molecule has 1 aromatic heterocycles. The number of aromatic nitrogens is 2. The average molecular weight is 207 g/mol. The molecule has 1 rings (SSSR count). The molecule has 0 aliphatic heterocycles. The first-order chi connectivity index (χ1) is 6.36. The van der Waals surface area contributed by atoms with Crippen LogP contribution in [0.2, 0.25) is 0 Å². The van der Waals surface area contributed by atoms with Crippen molar-refractivity contribution in [3.05, 3.63) is 11.8 Å². The summed E-state index contributed by atoms with van der Waals surface area (Å²) >= 11 is 0. The molecule has 14 heavy (non-hydrogen) atoms. The van der Waals surface area contributed by atoms with Gasteiger partial charge in [0.05, 0.1) is 0 Å². The van der Waals surface area contributed by atoms with E-state index in [-0.39, 0.29) is 6.04 Å². The van der Waals surface area contributed by atoms with E-state index in [1.165, 1.54) is 4.68 Å². The van der Waals surface area contributed by atoms with Gasteiger partial charge in [0.25, 0.3) is 0 Å². The molecule has 0 atom stereocenters. The maximum atomic E-state index is 12.3. The standard InChI is InChI=1S/C8H12F3N3/c1-5(2)14-7(12-3)4-6(13-14)8(9,10)11/h4-5,12H,1-3H3. The van der Waals surface area contributed by atoms with Crippen LogP contribution >= 0.6 is 0 Å². The Hall–Kier alpha value is -1.20. The van der Waals surface area contributed by atoms with E-state index in [1.807, 2.05) is 0 Å². The van der Waals surface area contributed by atoms with Gasteiger partial charge in [0.15, 0.2) is 5.69 Å². The van der Waals surface area contributed by atoms with Gasteiger partial charge in [0.1, 0.15) is 5.82 Å². The second kappa shape index (κ2) is 3.51. The SMILES string of the molecule is CNc1cc(C(F)(F)F)nn1C(C)C. The van der Waals surface area contributed by atoms with E-state index in [1.54, 1.807) is 20.9 Å². The van der Waals surface area contributed by atoms with Gasteiger partial charge in [0, 0.05) is 19.2 Å². The third-order valence-corrected chi connectivity index (χ3v) is 1.77. The van der Waals surface area contributed by atoms with Gasteiger partial charge < -0.3 is 5.32 Å². The highest BCUT2D eigenvalue weighted by atomic mass is 19.4. The second-order valence-corrected chi connectivity index (χ2v) is 3.20. The summed E-state index contributed by atoms with van der Waals surface area (Å²) in [5.74, 6) is 0.368. The maximum Gasteiger partial charge on any atom is 0.435 e. The number of hydrogen-bond acceptors (Lipinski definition) is 2. The first-order valence-electron chi connectivity index (χ1n) is 4.20. The molecular weight excluding hydrogens is 195 g/mol. The molecule has 0 aliphatic carbocycles. The third-order valence-electron chi connectivity index (χ3n) is 1.77. The molecular formula is C8H12F3N3. The van der Waals surface area contributed by atoms with Gasteiger partial charge >= 0.3 is 6.18 Å². The van der Waals surface area contributed by atoms with Crippen molar-refractivity contribution >= 4 is 5.82 Å². The van der Waals surface area contributed by atoms with Gasteiger partial charge in [-0.25, -0.2) is 4.68 Å². The van der Waals surface area contributed by atoms with Crippen LogP contribution in [-0.4, -0.2) is 16.8 Å². The van der Waals surface area contributed by atoms with Crippen LogP contribution in [0.3, 0.4) is 0 Å². The number of nitrogens with one attached hydrogen (secondary N) is 1. The summed E-state index contributed by atoms with van der Waals surface area (Å²) in [6, 6.07) is 0.897. The van der Waals surface area contributed by atoms with E-state index >= 15 is 0 Å². The summed E-state index contributed by atoms with van der Waals surface area (Å²) in [7, 11) is 1.57. The Morgan fingerprint density at radius 1 is 1.43 bits per heavy atom. The van der Waals surface area contributed by atoms with E-state index in [2.05, 4.69) is 10.4 Å². The highest BCUT2D eigenvalue weighted by Gasteiger charge is 2.35. The molecule has 0 bridgehead atoms. The van der Waals surface area contributed by atoms with Crippen molar-refractivity contribution in [3.63, 3.8) is 0 Å². The van der Waals surface area contributed by atoms with Crippen LogP contribution in [0, 0.1) is 0 Å². The molecule has 0 radical (unpaired) electrons. The lowest BCUT2D eigenvalue weighted by Gasteiger charge is -2.09. The quantitative estimate of drug-likeness (QED) is 0.807. The second-order valence-electron chi connectivity index (χ2n) is 3.20. The fraction of sp³-hybridized carbons (Fsp3) is 0.625. The number of nitrogens with zero attached hydrogens (tertiary/aromatic N) is 2. The fourth-order valence-corrected chi connectivity index (χ4v) is 1.11. The average Bonchev–Trinajstić information content (AvgIpc) is 2.45. The summed E-state index contributed by atoms with van der Waals surface area (Å²) in [5, 5.41) is 6.15. The van der Waals surface area contributed by atoms with Crippen molar-refractivity contribution in [3.8, 4) is 0 Å². The molecule has 1 N–H and O–H groups in total. The molecule has 3 nitrogen and oxygen atoms in total. The summed E-state index contributed by atoms with van der Waals surface area (Å²) < 4.78 is 38.1. The molecule has 0 aromatic carbocycles. The van der Waals surface area contributed by atoms with Crippen molar-refractivity contribution in [2.24, 2.45) is 0 Å². The summed E-state index contributed by atoms with van der Waals surface area (Å²) in [5.41, 5.74) is -0.865. The van der Waals surface area contributed by atoms with Crippen LogP contribution in [0.5, 0.6) is 0 Å². The van der Waals surface area contributed by atoms with Crippen LogP contribution in [0.25, 0.3) is 0 Å². The third kappa shape index (κ3) is 2.00. The van der Waals surface area contributed by atoms with Gasteiger partial charge in [0.2, 0.25) is 0 Å². The van der Waals surface area contributed by atoms with Crippen LogP contribution in [0.15, 0.2) is 6.07 Å². The Labute approximate surface area is 79.9 Å². The Bertz CT molecular complexity index is 314. The first kappa shape index (κ1) is 10.9. The number of alkyl halides is 3. The van der Waals surface area contributed by atoms with E-state index in [4.69, 9.17) is 0 Å². The summed E-state index contributed by atoms with van der Waals surface area (Å²) in [6.07, 6.45) is -4.38. The summed E-state index contributed by atoms with van der Waals surface area (Å²) in [6.45, 7) is 3.54. The van der Waals surface area contributed by atoms with Crippen LogP contribution < -0.4 is 5.32 Å². The Morgan fingerprint density at radius 2 is 2.00 bits per heavy atom. The van der Waals surface area contributed by atoms with Crippen LogP contribution in [-0.2, 0) is 6.18 Å². The lowest BCUT2D eigenvalue weighted by atomic mass is 10.4. The van der Waals surface area contributed by atoms with Crippen molar-refractivity contribution in [2.45, 2.75) is 26.1 Å². The first-order valence-corrected chi connectivity index (χ1v) is 4.20. The van der Waals surface area contributed by atoms with Crippen LogP contribution in [0.1, 0.15) is 25.6 Å². The number of halogens is 3. The molecule has 80 valence electrons. The smallest absolute Gasteiger partial charge is 0.373 e. The van der Waals surface area contributed by atoms with Crippen molar-refractivity contribution < 1.29 is 13.2 Å². The van der Waals surface area contributed by atoms with Crippen molar-refractivity contribution in [2.75, 3.05) is 12.4 Å². The van der Waals surface area contributed by atoms with Gasteiger partial charge in [-0.15, -0.1) is 0 Å². The molecule has 1 aromatic rings.